The summed E-state index contributed by atoms with van der Waals surface area (Å²) in [6, 6.07) is 1.66. The van der Waals surface area contributed by atoms with E-state index in [4.69, 9.17) is 4.74 Å². The van der Waals surface area contributed by atoms with Gasteiger partial charge in [-0.25, -0.2) is 9.78 Å². The third kappa shape index (κ3) is 4.52. The molecule has 1 atom stereocenters. The Labute approximate surface area is 93.9 Å². The lowest BCUT2D eigenvalue weighted by Crippen LogP contribution is -2.35. The molecule has 6 nitrogen and oxygen atoms in total. The fraction of sp³-hybridized carbons (Fsp3) is 0.600. The van der Waals surface area contributed by atoms with Crippen molar-refractivity contribution in [2.45, 2.75) is 12.6 Å². The van der Waals surface area contributed by atoms with E-state index in [1.165, 1.54) is 10.8 Å². The molecule has 0 aliphatic rings. The number of nitrogens with one attached hydrogen (secondary N) is 1. The molecule has 0 aromatic carbocycles. The third-order valence-electron chi connectivity index (χ3n) is 2.05. The molecule has 2 N–H and O–H groups in total. The van der Waals surface area contributed by atoms with Gasteiger partial charge < -0.3 is 15.2 Å². The minimum absolute atomic E-state index is 0.243. The second-order valence-electron chi connectivity index (χ2n) is 3.41. The van der Waals surface area contributed by atoms with Crippen molar-refractivity contribution >= 4 is 0 Å². The molecule has 16 heavy (non-hydrogen) atoms. The highest BCUT2D eigenvalue weighted by atomic mass is 16.5. The van der Waals surface area contributed by atoms with Gasteiger partial charge >= 0.3 is 5.69 Å². The van der Waals surface area contributed by atoms with E-state index in [-0.39, 0.29) is 12.2 Å². The molecule has 90 valence electrons. The molecule has 1 rings (SSSR count). The van der Waals surface area contributed by atoms with Gasteiger partial charge in [0.25, 0.3) is 0 Å². The van der Waals surface area contributed by atoms with E-state index in [1.807, 2.05) is 0 Å². The highest BCUT2D eigenvalue weighted by Crippen LogP contribution is 1.87. The van der Waals surface area contributed by atoms with Crippen LogP contribution in [0.25, 0.3) is 0 Å². The smallest absolute Gasteiger partial charge is 0.347 e. The maximum atomic E-state index is 11.2. The van der Waals surface area contributed by atoms with Gasteiger partial charge in [-0.15, -0.1) is 0 Å². The quantitative estimate of drug-likeness (QED) is 0.575. The van der Waals surface area contributed by atoms with Gasteiger partial charge in [0.2, 0.25) is 0 Å². The molecule has 0 saturated heterocycles. The summed E-state index contributed by atoms with van der Waals surface area (Å²) in [5.74, 6) is 0. The van der Waals surface area contributed by atoms with E-state index in [2.05, 4.69) is 10.3 Å². The summed E-state index contributed by atoms with van der Waals surface area (Å²) in [4.78, 5) is 14.8. The number of hydrogen-bond acceptors (Lipinski definition) is 5. The first-order chi connectivity index (χ1) is 7.74. The van der Waals surface area contributed by atoms with Gasteiger partial charge in [0, 0.05) is 32.6 Å². The Morgan fingerprint density at radius 3 is 3.19 bits per heavy atom. The topological polar surface area (TPSA) is 76.4 Å². The zero-order valence-electron chi connectivity index (χ0n) is 9.30. The summed E-state index contributed by atoms with van der Waals surface area (Å²) in [6.07, 6.45) is 2.43. The molecule has 0 aliphatic heterocycles. The number of hydrogen-bond donors (Lipinski definition) is 2. The van der Waals surface area contributed by atoms with Crippen LogP contribution in [0.3, 0.4) is 0 Å². The Kier molecular flexibility index (Phi) is 5.69. The standard InChI is InChI=1S/C10H17N3O3/c1-16-6-4-11-7-9(14)8-13-5-2-3-12-10(13)15/h2-3,5,9,11,14H,4,6-8H2,1H3. The molecule has 0 spiro atoms. The Morgan fingerprint density at radius 1 is 1.69 bits per heavy atom. The SMILES string of the molecule is COCCNCC(O)Cn1cccnc1=O. The van der Waals surface area contributed by atoms with Crippen LogP contribution in [0.2, 0.25) is 0 Å². The molecule has 0 radical (unpaired) electrons. The van der Waals surface area contributed by atoms with Crippen molar-refractivity contribution in [1.82, 2.24) is 14.9 Å². The van der Waals surface area contributed by atoms with Gasteiger partial charge in [-0.3, -0.25) is 4.57 Å². The van der Waals surface area contributed by atoms with E-state index in [0.29, 0.717) is 19.7 Å². The fourth-order valence-electron chi connectivity index (χ4n) is 1.26. The van der Waals surface area contributed by atoms with Crippen molar-refractivity contribution in [1.29, 1.82) is 0 Å². The molecular formula is C10H17N3O3. The van der Waals surface area contributed by atoms with E-state index in [1.54, 1.807) is 19.4 Å². The summed E-state index contributed by atoms with van der Waals surface area (Å²) in [5.41, 5.74) is -0.349. The van der Waals surface area contributed by atoms with Crippen LogP contribution >= 0.6 is 0 Å². The zero-order valence-corrected chi connectivity index (χ0v) is 9.30. The number of aromatic nitrogens is 2. The van der Waals surface area contributed by atoms with Crippen LogP contribution < -0.4 is 11.0 Å². The maximum absolute atomic E-state index is 11.2. The van der Waals surface area contributed by atoms with Crippen molar-refractivity contribution in [3.05, 3.63) is 28.9 Å². The van der Waals surface area contributed by atoms with Crippen LogP contribution in [0.5, 0.6) is 0 Å². The first-order valence-corrected chi connectivity index (χ1v) is 5.13. The molecule has 6 heteroatoms. The van der Waals surface area contributed by atoms with Gasteiger partial charge in [0.1, 0.15) is 0 Å². The zero-order chi connectivity index (χ0) is 11.8. The van der Waals surface area contributed by atoms with E-state index < -0.39 is 6.10 Å². The fourth-order valence-corrected chi connectivity index (χ4v) is 1.26. The Hall–Kier alpha value is -1.24. The normalized spacial score (nSPS) is 12.6. The summed E-state index contributed by atoms with van der Waals surface area (Å²) in [5, 5.41) is 12.7. The molecule has 0 saturated carbocycles. The van der Waals surface area contributed by atoms with Crippen LogP contribution in [0.15, 0.2) is 23.3 Å². The molecule has 1 heterocycles. The third-order valence-corrected chi connectivity index (χ3v) is 2.05. The van der Waals surface area contributed by atoms with Crippen molar-refractivity contribution < 1.29 is 9.84 Å². The molecule has 1 aromatic heterocycles. The molecule has 1 unspecified atom stereocenters. The summed E-state index contributed by atoms with van der Waals surface area (Å²) < 4.78 is 6.23. The summed E-state index contributed by atoms with van der Waals surface area (Å²) >= 11 is 0. The Balaban J connectivity index is 2.31. The predicted molar refractivity (Wildman–Crippen MR) is 59.2 cm³/mol. The highest BCUT2D eigenvalue weighted by Gasteiger charge is 2.05. The van der Waals surface area contributed by atoms with Crippen LogP contribution in [0.1, 0.15) is 0 Å². The average Bonchev–Trinajstić information content (AvgIpc) is 2.28. The van der Waals surface area contributed by atoms with Gasteiger partial charge in [0.05, 0.1) is 19.3 Å². The minimum Gasteiger partial charge on any atom is -0.390 e. The molecule has 0 amide bonds. The number of ether oxygens (including phenoxy) is 1. The largest absolute Gasteiger partial charge is 0.390 e. The number of methoxy groups -OCH3 is 1. The lowest BCUT2D eigenvalue weighted by atomic mass is 10.3. The van der Waals surface area contributed by atoms with Crippen LogP contribution in [0, 0.1) is 0 Å². The van der Waals surface area contributed by atoms with Crippen molar-refractivity contribution in [2.24, 2.45) is 0 Å². The van der Waals surface area contributed by atoms with Gasteiger partial charge in [0.15, 0.2) is 0 Å². The molecular weight excluding hydrogens is 210 g/mol. The molecule has 0 aliphatic carbocycles. The molecule has 0 fully saturated rings. The number of aliphatic hydroxyl groups excluding tert-OH is 1. The van der Waals surface area contributed by atoms with Crippen molar-refractivity contribution in [3.8, 4) is 0 Å². The predicted octanol–water partition coefficient (Wildman–Crippen LogP) is -1.16. The van der Waals surface area contributed by atoms with Gasteiger partial charge in [-0.2, -0.15) is 0 Å². The Morgan fingerprint density at radius 2 is 2.50 bits per heavy atom. The first-order valence-electron chi connectivity index (χ1n) is 5.13. The van der Waals surface area contributed by atoms with Crippen molar-refractivity contribution in [2.75, 3.05) is 26.8 Å². The second-order valence-corrected chi connectivity index (χ2v) is 3.41. The van der Waals surface area contributed by atoms with E-state index in [0.717, 1.165) is 0 Å². The van der Waals surface area contributed by atoms with Gasteiger partial charge in [-0.05, 0) is 6.07 Å². The highest BCUT2D eigenvalue weighted by molar-refractivity contribution is 4.81. The number of nitrogens with zero attached hydrogens (tertiary/aromatic N) is 2. The first kappa shape index (κ1) is 12.8. The summed E-state index contributed by atoms with van der Waals surface area (Å²) in [7, 11) is 1.62. The number of rotatable bonds is 7. The van der Waals surface area contributed by atoms with E-state index in [9.17, 15) is 9.90 Å². The number of aliphatic hydroxyl groups is 1. The van der Waals surface area contributed by atoms with Crippen LogP contribution in [-0.2, 0) is 11.3 Å². The van der Waals surface area contributed by atoms with Crippen molar-refractivity contribution in [3.63, 3.8) is 0 Å². The molecule has 0 bridgehead atoms. The summed E-state index contributed by atoms with van der Waals surface area (Å²) in [6.45, 7) is 1.94. The maximum Gasteiger partial charge on any atom is 0.347 e. The second kappa shape index (κ2) is 7.10. The van der Waals surface area contributed by atoms with Crippen LogP contribution in [0.4, 0.5) is 0 Å². The van der Waals surface area contributed by atoms with Crippen LogP contribution in [-0.4, -0.2) is 47.6 Å². The van der Waals surface area contributed by atoms with Gasteiger partial charge in [-0.1, -0.05) is 0 Å². The minimum atomic E-state index is -0.612. The lowest BCUT2D eigenvalue weighted by Gasteiger charge is -2.12. The average molecular weight is 227 g/mol. The Bertz CT molecular complexity index is 353. The van der Waals surface area contributed by atoms with E-state index >= 15 is 0 Å². The lowest BCUT2D eigenvalue weighted by molar-refractivity contribution is 0.142. The monoisotopic (exact) mass is 227 g/mol. The molecule has 1 aromatic rings.